The molecule has 9 N–H and O–H groups in total. The van der Waals surface area contributed by atoms with Crippen molar-refractivity contribution in [1.82, 2.24) is 44.6 Å². The molecule has 3 aromatic heterocycles. The van der Waals surface area contributed by atoms with E-state index in [1.165, 1.54) is 27.8 Å². The number of benzene rings is 1. The smallest absolute Gasteiger partial charge is 0.280 e. The molecule has 2 amide bonds. The number of hydrogen-bond acceptors (Lipinski definition) is 13. The van der Waals surface area contributed by atoms with Gasteiger partial charge < -0.3 is 36.9 Å². The summed E-state index contributed by atoms with van der Waals surface area (Å²) < 4.78 is 3.10. The molecular weight excluding hydrogens is 682 g/mol. The third-order valence-corrected chi connectivity index (χ3v) is 8.53. The van der Waals surface area contributed by atoms with E-state index in [-0.39, 0.29) is 84.4 Å². The van der Waals surface area contributed by atoms with E-state index in [0.29, 0.717) is 12.1 Å². The monoisotopic (exact) mass is 721 g/mol. The summed E-state index contributed by atoms with van der Waals surface area (Å²) in [4.78, 5) is 53.6. The van der Waals surface area contributed by atoms with Crippen molar-refractivity contribution in [3.8, 4) is 5.69 Å². The Morgan fingerprint density at radius 3 is 2.39 bits per heavy atom. The summed E-state index contributed by atoms with van der Waals surface area (Å²) in [6.45, 7) is 2.29. The Morgan fingerprint density at radius 1 is 1.00 bits per heavy atom. The maximum atomic E-state index is 12.8. The molecule has 4 aromatic rings. The van der Waals surface area contributed by atoms with Crippen LogP contribution in [0.1, 0.15) is 44.9 Å². The standard InChI is InChI=1S/C32H40ClN13O5/c33-27-29(35)39-28(34)26(38-27)30(50)40-32(36)37-22-7-10-43(11-8-22)17-20-1-4-24(5-2-20)46-19-23(41-42-46)9-12-45-18-21(3-6-25(45)49)31(51)44(13-15-47)14-16-48/h1-6,18-19,22,47-48H,7-17H2,(H4,34,35,39)(H3,36,37,40,50). The second kappa shape index (κ2) is 17.0. The van der Waals surface area contributed by atoms with E-state index in [1.54, 1.807) is 10.9 Å². The predicted molar refractivity (Wildman–Crippen MR) is 189 cm³/mol. The summed E-state index contributed by atoms with van der Waals surface area (Å²) in [6.07, 6.45) is 5.20. The topological polar surface area (TPSA) is 262 Å². The van der Waals surface area contributed by atoms with Crippen molar-refractivity contribution in [3.05, 3.63) is 86.8 Å². The largest absolute Gasteiger partial charge is 0.395 e. The number of nitrogens with two attached hydrogens (primary N) is 3. The first-order chi connectivity index (χ1) is 24.5. The first-order valence-electron chi connectivity index (χ1n) is 16.2. The highest BCUT2D eigenvalue weighted by Crippen LogP contribution is 2.19. The molecule has 0 bridgehead atoms. The summed E-state index contributed by atoms with van der Waals surface area (Å²) in [5.41, 5.74) is 19.7. The second-order valence-corrected chi connectivity index (χ2v) is 12.2. The van der Waals surface area contributed by atoms with Gasteiger partial charge in [-0.05, 0) is 36.6 Å². The van der Waals surface area contributed by atoms with Crippen LogP contribution in [0.5, 0.6) is 0 Å². The summed E-state index contributed by atoms with van der Waals surface area (Å²) in [5, 5.41) is 29.3. The van der Waals surface area contributed by atoms with Crippen LogP contribution in [0.25, 0.3) is 5.69 Å². The number of aryl methyl sites for hydroxylation is 2. The third kappa shape index (κ3) is 9.63. The molecule has 0 radical (unpaired) electrons. The Hall–Kier alpha value is -5.43. The molecular formula is C32H40ClN13O5. The van der Waals surface area contributed by atoms with Crippen molar-refractivity contribution in [2.45, 2.75) is 38.4 Å². The lowest BCUT2D eigenvalue weighted by molar-refractivity contribution is 0.0683. The molecule has 1 saturated heterocycles. The number of aliphatic hydroxyl groups is 2. The number of guanidine groups is 1. The van der Waals surface area contributed by atoms with Gasteiger partial charge in [-0.2, -0.15) is 0 Å². The number of nitrogen functional groups attached to an aromatic ring is 2. The van der Waals surface area contributed by atoms with Crippen molar-refractivity contribution in [2.75, 3.05) is 50.9 Å². The quantitative estimate of drug-likeness (QED) is 0.0746. The fraction of sp³-hybridized carbons (Fsp3) is 0.375. The minimum Gasteiger partial charge on any atom is -0.395 e. The summed E-state index contributed by atoms with van der Waals surface area (Å²) in [6, 6.07) is 10.7. The number of nitrogens with zero attached hydrogens (tertiary/aromatic N) is 9. The van der Waals surface area contributed by atoms with Gasteiger partial charge in [0.15, 0.2) is 28.4 Å². The lowest BCUT2D eigenvalue weighted by Gasteiger charge is -2.30. The van der Waals surface area contributed by atoms with Gasteiger partial charge in [-0.15, -0.1) is 5.10 Å². The van der Waals surface area contributed by atoms with Gasteiger partial charge in [0.2, 0.25) is 0 Å². The Labute approximate surface area is 297 Å². The summed E-state index contributed by atoms with van der Waals surface area (Å²) in [7, 11) is 0. The molecule has 1 aliphatic heterocycles. The summed E-state index contributed by atoms with van der Waals surface area (Å²) in [5.74, 6) is -1.35. The molecule has 270 valence electrons. The zero-order chi connectivity index (χ0) is 36.5. The number of pyridine rings is 1. The van der Waals surface area contributed by atoms with E-state index in [9.17, 15) is 24.6 Å². The number of halogens is 1. The fourth-order valence-electron chi connectivity index (χ4n) is 5.58. The van der Waals surface area contributed by atoms with Gasteiger partial charge in [0.05, 0.1) is 42.4 Å². The number of aliphatic imine (C=N–C) groups is 1. The molecule has 0 spiro atoms. The first-order valence-corrected chi connectivity index (χ1v) is 16.6. The first kappa shape index (κ1) is 36.8. The van der Waals surface area contributed by atoms with Crippen molar-refractivity contribution in [2.24, 2.45) is 10.7 Å². The molecule has 0 atom stereocenters. The second-order valence-electron chi connectivity index (χ2n) is 11.9. The molecule has 4 heterocycles. The van der Waals surface area contributed by atoms with Crippen LogP contribution < -0.4 is 28.1 Å². The molecule has 18 nitrogen and oxygen atoms in total. The van der Waals surface area contributed by atoms with Crippen LogP contribution in [0.15, 0.2) is 58.6 Å². The highest BCUT2D eigenvalue weighted by Gasteiger charge is 2.21. The lowest BCUT2D eigenvalue weighted by Crippen LogP contribution is -2.40. The van der Waals surface area contributed by atoms with Gasteiger partial charge in [-0.3, -0.25) is 24.6 Å². The third-order valence-electron chi connectivity index (χ3n) is 8.25. The van der Waals surface area contributed by atoms with Crippen LogP contribution in [-0.2, 0) is 19.5 Å². The van der Waals surface area contributed by atoms with Crippen LogP contribution >= 0.6 is 11.6 Å². The van der Waals surface area contributed by atoms with Crippen molar-refractivity contribution in [1.29, 1.82) is 0 Å². The molecule has 1 aliphatic rings. The van der Waals surface area contributed by atoms with E-state index in [1.807, 2.05) is 24.3 Å². The van der Waals surface area contributed by atoms with Gasteiger partial charge in [0.25, 0.3) is 17.4 Å². The van der Waals surface area contributed by atoms with Crippen LogP contribution in [0.3, 0.4) is 0 Å². The Morgan fingerprint density at radius 2 is 1.71 bits per heavy atom. The molecule has 0 saturated carbocycles. The number of amides is 2. The predicted octanol–water partition coefficient (Wildman–Crippen LogP) is -0.585. The molecule has 1 fully saturated rings. The average Bonchev–Trinajstić information content (AvgIpc) is 3.59. The summed E-state index contributed by atoms with van der Waals surface area (Å²) >= 11 is 5.86. The van der Waals surface area contributed by atoms with E-state index in [4.69, 9.17) is 28.8 Å². The normalized spacial score (nSPS) is 14.1. The lowest BCUT2D eigenvalue weighted by atomic mass is 10.0. The van der Waals surface area contributed by atoms with Gasteiger partial charge in [0, 0.05) is 58.0 Å². The number of piperidine rings is 1. The Kier molecular flexibility index (Phi) is 12.3. The van der Waals surface area contributed by atoms with Gasteiger partial charge >= 0.3 is 0 Å². The van der Waals surface area contributed by atoms with Gasteiger partial charge in [-0.25, -0.2) is 19.6 Å². The zero-order valence-electron chi connectivity index (χ0n) is 27.7. The number of anilines is 2. The number of rotatable bonds is 13. The van der Waals surface area contributed by atoms with E-state index < -0.39 is 5.91 Å². The number of likely N-dealkylation sites (tertiary alicyclic amines) is 1. The number of carbonyl (C=O) groups excluding carboxylic acids is 2. The van der Waals surface area contributed by atoms with Gasteiger partial charge in [-0.1, -0.05) is 28.9 Å². The maximum absolute atomic E-state index is 12.8. The molecule has 51 heavy (non-hydrogen) atoms. The number of nitrogens with one attached hydrogen (secondary N) is 1. The molecule has 0 aliphatic carbocycles. The SMILES string of the molecule is NC(=NC1CCN(Cc2ccc(-n3cc(CCn4cc(C(=O)N(CCO)CCO)ccc4=O)nn3)cc2)CC1)NC(=O)c1nc(Cl)c(N)nc1N. The number of hydrogen-bond donors (Lipinski definition) is 6. The molecule has 1 aromatic carbocycles. The van der Waals surface area contributed by atoms with Gasteiger partial charge in [0.1, 0.15) is 0 Å². The maximum Gasteiger partial charge on any atom is 0.280 e. The fourth-order valence-corrected chi connectivity index (χ4v) is 5.70. The van der Waals surface area contributed by atoms with Crippen LogP contribution in [-0.4, -0.2) is 113 Å². The molecule has 5 rings (SSSR count). The number of aromatic nitrogens is 6. The minimum atomic E-state index is -0.679. The van der Waals surface area contributed by atoms with E-state index >= 15 is 0 Å². The molecule has 0 unspecified atom stereocenters. The highest BCUT2D eigenvalue weighted by molar-refractivity contribution is 6.31. The molecule has 19 heteroatoms. The zero-order valence-corrected chi connectivity index (χ0v) is 28.5. The average molecular weight is 722 g/mol. The van der Waals surface area contributed by atoms with Crippen molar-refractivity contribution >= 4 is 41.0 Å². The van der Waals surface area contributed by atoms with E-state index in [0.717, 1.165) is 43.7 Å². The van der Waals surface area contributed by atoms with Crippen LogP contribution in [0.2, 0.25) is 5.15 Å². The number of carbonyl (C=O) groups is 2. The highest BCUT2D eigenvalue weighted by atomic mass is 35.5. The van der Waals surface area contributed by atoms with Crippen molar-refractivity contribution < 1.29 is 19.8 Å². The van der Waals surface area contributed by atoms with Crippen LogP contribution in [0.4, 0.5) is 11.6 Å². The number of aliphatic hydroxyl groups excluding tert-OH is 2. The van der Waals surface area contributed by atoms with E-state index in [2.05, 4.69) is 35.5 Å². The van der Waals surface area contributed by atoms with Crippen LogP contribution in [0, 0.1) is 0 Å². The Balaban J connectivity index is 1.10. The Bertz CT molecular complexity index is 1920. The minimum absolute atomic E-state index is 0.0456. The van der Waals surface area contributed by atoms with Crippen molar-refractivity contribution in [3.63, 3.8) is 0 Å².